The number of nitrogens with zero attached hydrogens (tertiary/aromatic N) is 1. The molecule has 1 aromatic heterocycles. The van der Waals surface area contributed by atoms with Crippen molar-refractivity contribution in [1.29, 1.82) is 0 Å². The van der Waals surface area contributed by atoms with E-state index in [-0.39, 0.29) is 17.4 Å². The summed E-state index contributed by atoms with van der Waals surface area (Å²) >= 11 is 15.0. The Bertz CT molecular complexity index is 2220. The van der Waals surface area contributed by atoms with E-state index in [2.05, 4.69) is 20.9 Å². The zero-order valence-corrected chi connectivity index (χ0v) is 29.6. The van der Waals surface area contributed by atoms with E-state index in [1.54, 1.807) is 84.2 Å². The molecule has 0 saturated carbocycles. The molecule has 0 radical (unpaired) electrons. The number of carbonyl (C=O) groups is 3. The van der Waals surface area contributed by atoms with Gasteiger partial charge in [-0.05, 0) is 83.9 Å². The summed E-state index contributed by atoms with van der Waals surface area (Å²) in [7, 11) is 0. The van der Waals surface area contributed by atoms with Crippen LogP contribution in [0.3, 0.4) is 0 Å². The third kappa shape index (κ3) is 9.50. The zero-order valence-electron chi connectivity index (χ0n) is 26.5. The quantitative estimate of drug-likeness (QED) is 0.0904. The van der Waals surface area contributed by atoms with Gasteiger partial charge in [-0.15, -0.1) is 23.1 Å². The number of anilines is 2. The number of rotatable bonds is 11. The minimum absolute atomic E-state index is 0.0453. The Morgan fingerprint density at radius 3 is 2.25 bits per heavy atom. The van der Waals surface area contributed by atoms with E-state index < -0.39 is 17.1 Å². The van der Waals surface area contributed by atoms with E-state index in [0.717, 1.165) is 11.1 Å². The monoisotopic (exact) mass is 752 g/mol. The van der Waals surface area contributed by atoms with Gasteiger partial charge in [0, 0.05) is 37.1 Å². The Labute approximate surface area is 311 Å². The fourth-order valence-corrected chi connectivity index (χ4v) is 7.12. The van der Waals surface area contributed by atoms with E-state index in [1.165, 1.54) is 41.3 Å². The van der Waals surface area contributed by atoms with Crippen LogP contribution in [0.2, 0.25) is 10.0 Å². The standard InChI is InChI=1S/C39H27Cl2FN4O3S2/c40-28-17-14-27(32(41)21-28)20-33(44-36(47)26-10-5-2-6-11-26)37(48)43-30-12-7-13-31(22-30)51-35(25-8-3-1-4-9-25)38(49)46-39-45-34(23-50-39)24-15-18-29(42)19-16-24/h1-23,35H,(H,43,48)(H,44,47)(H,45,46,49)/b33-20+. The van der Waals surface area contributed by atoms with Crippen LogP contribution in [-0.4, -0.2) is 22.7 Å². The largest absolute Gasteiger partial charge is 0.321 e. The van der Waals surface area contributed by atoms with Crippen molar-refractivity contribution in [3.8, 4) is 11.3 Å². The van der Waals surface area contributed by atoms with Gasteiger partial charge in [-0.1, -0.05) is 83.9 Å². The normalized spacial score (nSPS) is 11.8. The molecule has 0 saturated heterocycles. The van der Waals surface area contributed by atoms with Gasteiger partial charge in [-0.25, -0.2) is 9.37 Å². The summed E-state index contributed by atoms with van der Waals surface area (Å²) in [4.78, 5) is 45.8. The van der Waals surface area contributed by atoms with Crippen molar-refractivity contribution < 1.29 is 18.8 Å². The van der Waals surface area contributed by atoms with Gasteiger partial charge in [-0.3, -0.25) is 14.4 Å². The van der Waals surface area contributed by atoms with Crippen molar-refractivity contribution in [2.24, 2.45) is 0 Å². The molecule has 0 aliphatic heterocycles. The third-order valence-corrected chi connectivity index (χ3v) is 9.92. The lowest BCUT2D eigenvalue weighted by Crippen LogP contribution is -2.30. The Hall–Kier alpha value is -5.26. The smallest absolute Gasteiger partial charge is 0.272 e. The number of hydrogen-bond acceptors (Lipinski definition) is 6. The van der Waals surface area contributed by atoms with Gasteiger partial charge >= 0.3 is 0 Å². The Kier molecular flexibility index (Phi) is 11.6. The van der Waals surface area contributed by atoms with E-state index >= 15 is 0 Å². The summed E-state index contributed by atoms with van der Waals surface area (Å²) < 4.78 is 13.4. The first-order chi connectivity index (χ1) is 24.7. The fraction of sp³-hybridized carbons (Fsp3) is 0.0256. The topological polar surface area (TPSA) is 100 Å². The molecule has 0 fully saturated rings. The lowest BCUT2D eigenvalue weighted by molar-refractivity contribution is -0.116. The molecule has 254 valence electrons. The van der Waals surface area contributed by atoms with Gasteiger partial charge in [0.2, 0.25) is 5.91 Å². The Balaban J connectivity index is 1.22. The Morgan fingerprint density at radius 2 is 1.53 bits per heavy atom. The number of carbonyl (C=O) groups excluding carboxylic acids is 3. The van der Waals surface area contributed by atoms with Gasteiger partial charge in [0.25, 0.3) is 11.8 Å². The molecule has 7 nitrogen and oxygen atoms in total. The first-order valence-corrected chi connectivity index (χ1v) is 17.9. The molecule has 12 heteroatoms. The molecule has 3 amide bonds. The molecule has 3 N–H and O–H groups in total. The molecule has 0 aliphatic carbocycles. The molecule has 5 aromatic carbocycles. The van der Waals surface area contributed by atoms with Crippen LogP contribution in [0, 0.1) is 5.82 Å². The van der Waals surface area contributed by atoms with Crippen molar-refractivity contribution >= 4 is 80.9 Å². The summed E-state index contributed by atoms with van der Waals surface area (Å²) in [6.45, 7) is 0. The summed E-state index contributed by atoms with van der Waals surface area (Å²) in [5, 5.41) is 10.7. The average Bonchev–Trinajstić information content (AvgIpc) is 3.60. The van der Waals surface area contributed by atoms with Crippen LogP contribution < -0.4 is 16.0 Å². The molecule has 0 bridgehead atoms. The second kappa shape index (κ2) is 16.6. The van der Waals surface area contributed by atoms with Crippen molar-refractivity contribution in [1.82, 2.24) is 10.3 Å². The molecule has 51 heavy (non-hydrogen) atoms. The minimum Gasteiger partial charge on any atom is -0.321 e. The molecule has 0 aliphatic rings. The fourth-order valence-electron chi connectivity index (χ4n) is 4.85. The second-order valence-corrected chi connectivity index (χ2v) is 13.8. The van der Waals surface area contributed by atoms with Gasteiger partial charge in [0.15, 0.2) is 5.13 Å². The van der Waals surface area contributed by atoms with Crippen molar-refractivity contribution in [2.75, 3.05) is 10.6 Å². The molecule has 6 rings (SSSR count). The highest BCUT2D eigenvalue weighted by Gasteiger charge is 2.24. The van der Waals surface area contributed by atoms with E-state index in [0.29, 0.717) is 42.6 Å². The number of nitrogens with one attached hydrogen (secondary N) is 3. The minimum atomic E-state index is -0.678. The van der Waals surface area contributed by atoms with Crippen molar-refractivity contribution in [2.45, 2.75) is 10.1 Å². The van der Waals surface area contributed by atoms with Gasteiger partial charge in [-0.2, -0.15) is 0 Å². The lowest BCUT2D eigenvalue weighted by Gasteiger charge is -2.17. The summed E-state index contributed by atoms with van der Waals surface area (Å²) in [5.74, 6) is -1.71. The molecular formula is C39H27Cl2FN4O3S2. The number of benzene rings is 5. The van der Waals surface area contributed by atoms with Gasteiger partial charge in [0.1, 0.15) is 16.8 Å². The van der Waals surface area contributed by atoms with Crippen LogP contribution in [0.25, 0.3) is 17.3 Å². The number of hydrogen-bond donors (Lipinski definition) is 3. The molecule has 1 heterocycles. The molecule has 0 spiro atoms. The summed E-state index contributed by atoms with van der Waals surface area (Å²) in [6, 6.07) is 35.7. The highest BCUT2D eigenvalue weighted by Crippen LogP contribution is 2.38. The van der Waals surface area contributed by atoms with Crippen LogP contribution in [0.4, 0.5) is 15.2 Å². The zero-order chi connectivity index (χ0) is 35.7. The predicted molar refractivity (Wildman–Crippen MR) is 205 cm³/mol. The van der Waals surface area contributed by atoms with Gasteiger partial charge < -0.3 is 16.0 Å². The van der Waals surface area contributed by atoms with E-state index in [1.807, 2.05) is 36.4 Å². The number of halogens is 3. The van der Waals surface area contributed by atoms with Crippen LogP contribution in [-0.2, 0) is 9.59 Å². The van der Waals surface area contributed by atoms with Crippen LogP contribution in [0.15, 0.2) is 143 Å². The third-order valence-electron chi connectivity index (χ3n) is 7.35. The lowest BCUT2D eigenvalue weighted by atomic mass is 10.1. The molecule has 1 atom stereocenters. The summed E-state index contributed by atoms with van der Waals surface area (Å²) in [5.41, 5.74) is 3.35. The maximum atomic E-state index is 13.8. The predicted octanol–water partition coefficient (Wildman–Crippen LogP) is 10.1. The summed E-state index contributed by atoms with van der Waals surface area (Å²) in [6.07, 6.45) is 1.48. The van der Waals surface area contributed by atoms with Crippen LogP contribution in [0.5, 0.6) is 0 Å². The first-order valence-electron chi connectivity index (χ1n) is 15.4. The van der Waals surface area contributed by atoms with E-state index in [4.69, 9.17) is 23.2 Å². The van der Waals surface area contributed by atoms with Crippen molar-refractivity contribution in [3.63, 3.8) is 0 Å². The molecular weight excluding hydrogens is 726 g/mol. The van der Waals surface area contributed by atoms with Gasteiger partial charge in [0.05, 0.1) is 5.69 Å². The number of thioether (sulfide) groups is 1. The molecule has 1 unspecified atom stereocenters. The number of aromatic nitrogens is 1. The highest BCUT2D eigenvalue weighted by molar-refractivity contribution is 8.00. The van der Waals surface area contributed by atoms with Crippen LogP contribution >= 0.6 is 46.3 Å². The average molecular weight is 754 g/mol. The molecule has 6 aromatic rings. The Morgan fingerprint density at radius 1 is 0.804 bits per heavy atom. The van der Waals surface area contributed by atoms with Crippen molar-refractivity contribution in [3.05, 3.63) is 171 Å². The SMILES string of the molecule is O=C(Nc1cccc(SC(C(=O)Nc2nc(-c3ccc(F)cc3)cs2)c2ccccc2)c1)/C(=C\c1ccc(Cl)cc1Cl)NC(=O)c1ccccc1. The second-order valence-electron chi connectivity index (χ2n) is 11.0. The maximum Gasteiger partial charge on any atom is 0.272 e. The number of thiazole rings is 1. The first kappa shape index (κ1) is 35.6. The number of amides is 3. The van der Waals surface area contributed by atoms with E-state index in [9.17, 15) is 18.8 Å². The van der Waals surface area contributed by atoms with Crippen LogP contribution in [0.1, 0.15) is 26.7 Å². The highest BCUT2D eigenvalue weighted by atomic mass is 35.5. The maximum absolute atomic E-state index is 13.8.